The van der Waals surface area contributed by atoms with Crippen LogP contribution in [-0.2, 0) is 25.9 Å². The van der Waals surface area contributed by atoms with Gasteiger partial charge in [0.25, 0.3) is 0 Å². The van der Waals surface area contributed by atoms with Crippen LogP contribution in [-0.4, -0.2) is 32.4 Å². The molecule has 1 saturated carbocycles. The highest BCUT2D eigenvalue weighted by Crippen LogP contribution is 2.52. The first-order chi connectivity index (χ1) is 16.1. The molecule has 0 aromatic heterocycles. The van der Waals surface area contributed by atoms with Crippen molar-refractivity contribution in [1.82, 2.24) is 15.4 Å². The zero-order chi connectivity index (χ0) is 24.5. The van der Waals surface area contributed by atoms with Crippen molar-refractivity contribution in [2.75, 3.05) is 6.54 Å². The average Bonchev–Trinajstić information content (AvgIpc) is 3.36. The smallest absolute Gasteiger partial charge is 0.343 e. The number of nitrogens with one attached hydrogen (secondary N) is 3. The van der Waals surface area contributed by atoms with Gasteiger partial charge in [0.05, 0.1) is 17.1 Å². The summed E-state index contributed by atoms with van der Waals surface area (Å²) in [5.41, 5.74) is -7.78. The highest BCUT2D eigenvalue weighted by Gasteiger charge is 2.61. The molecule has 4 rings (SSSR count). The molecule has 6 nitrogen and oxygen atoms in total. The van der Waals surface area contributed by atoms with Gasteiger partial charge in [0.2, 0.25) is 5.91 Å². The number of benzene rings is 2. The number of hydrogen-bond donors (Lipinski definition) is 3. The normalized spacial score (nSPS) is 27.9. The molecule has 1 aliphatic carbocycles. The first-order valence-corrected chi connectivity index (χ1v) is 12.9. The van der Waals surface area contributed by atoms with E-state index in [1.807, 2.05) is 0 Å². The molecular weight excluding hydrogens is 467 g/mol. The van der Waals surface area contributed by atoms with Crippen LogP contribution in [0.2, 0.25) is 0 Å². The Bertz CT molecular complexity index is 1110. The SMILES string of the molecule is O=C(N[C@@]1(c2ccccc2)CCCC[C@]1(NS(=O)(=O)C(F)(F)F)c1ccccc1)[C@@H]1CCCN1. The Morgan fingerprint density at radius 3 is 1.91 bits per heavy atom. The van der Waals surface area contributed by atoms with Gasteiger partial charge in [0.15, 0.2) is 0 Å². The van der Waals surface area contributed by atoms with E-state index in [2.05, 4.69) is 15.4 Å². The molecule has 3 N–H and O–H groups in total. The molecule has 184 valence electrons. The highest BCUT2D eigenvalue weighted by atomic mass is 32.2. The predicted octanol–water partition coefficient (Wildman–Crippen LogP) is 3.66. The third-order valence-electron chi connectivity index (χ3n) is 6.94. The Kier molecular flexibility index (Phi) is 6.76. The maximum absolute atomic E-state index is 13.7. The van der Waals surface area contributed by atoms with Crippen LogP contribution in [0.4, 0.5) is 13.2 Å². The lowest BCUT2D eigenvalue weighted by molar-refractivity contribution is -0.127. The molecule has 1 saturated heterocycles. The highest BCUT2D eigenvalue weighted by molar-refractivity contribution is 7.90. The van der Waals surface area contributed by atoms with E-state index in [-0.39, 0.29) is 18.7 Å². The van der Waals surface area contributed by atoms with Gasteiger partial charge in [0.1, 0.15) is 0 Å². The fraction of sp³-hybridized carbons (Fsp3) is 0.458. The lowest BCUT2D eigenvalue weighted by Crippen LogP contribution is -2.70. The Labute approximate surface area is 197 Å². The summed E-state index contributed by atoms with van der Waals surface area (Å²) in [7, 11) is -5.75. The van der Waals surface area contributed by atoms with Gasteiger partial charge in [-0.15, -0.1) is 0 Å². The van der Waals surface area contributed by atoms with Gasteiger partial charge in [-0.25, -0.2) is 8.42 Å². The Balaban J connectivity index is 1.96. The van der Waals surface area contributed by atoms with E-state index in [0.29, 0.717) is 36.9 Å². The first-order valence-electron chi connectivity index (χ1n) is 11.4. The molecular formula is C24H28F3N3O3S. The van der Waals surface area contributed by atoms with Gasteiger partial charge in [0, 0.05) is 0 Å². The van der Waals surface area contributed by atoms with Gasteiger partial charge in [-0.05, 0) is 43.4 Å². The summed E-state index contributed by atoms with van der Waals surface area (Å²) in [6.07, 6.45) is 2.85. The largest absolute Gasteiger partial charge is 0.511 e. The van der Waals surface area contributed by atoms with Crippen molar-refractivity contribution < 1.29 is 26.4 Å². The zero-order valence-electron chi connectivity index (χ0n) is 18.6. The summed E-state index contributed by atoms with van der Waals surface area (Å²) in [4.78, 5) is 13.4. The first kappa shape index (κ1) is 24.7. The lowest BCUT2D eigenvalue weighted by atomic mass is 9.61. The van der Waals surface area contributed by atoms with Gasteiger partial charge < -0.3 is 10.6 Å². The van der Waals surface area contributed by atoms with Crippen molar-refractivity contribution >= 4 is 15.9 Å². The number of rotatable bonds is 6. The molecule has 0 bridgehead atoms. The molecule has 34 heavy (non-hydrogen) atoms. The fourth-order valence-corrected chi connectivity index (χ4v) is 6.33. The Hall–Kier alpha value is -2.43. The summed E-state index contributed by atoms with van der Waals surface area (Å²) in [6.45, 7) is 0.668. The van der Waals surface area contributed by atoms with Crippen molar-refractivity contribution in [3.63, 3.8) is 0 Å². The molecule has 2 fully saturated rings. The van der Waals surface area contributed by atoms with Gasteiger partial charge in [-0.1, -0.05) is 73.5 Å². The third-order valence-corrected chi connectivity index (χ3v) is 8.17. The minimum Gasteiger partial charge on any atom is -0.343 e. The summed E-state index contributed by atoms with van der Waals surface area (Å²) < 4.78 is 68.3. The second-order valence-corrected chi connectivity index (χ2v) is 10.6. The van der Waals surface area contributed by atoms with E-state index in [1.165, 1.54) is 0 Å². The zero-order valence-corrected chi connectivity index (χ0v) is 19.4. The maximum atomic E-state index is 13.7. The Morgan fingerprint density at radius 2 is 1.41 bits per heavy atom. The third kappa shape index (κ3) is 4.34. The minimum absolute atomic E-state index is 0.0829. The standard InChI is InChI=1S/C24H28F3N3O3S/c25-24(26,27)34(32,33)30-23(19-12-5-2-6-13-19)16-8-7-15-22(23,18-10-3-1-4-11-18)29-21(31)20-14-9-17-28-20/h1-6,10-13,20,28,30H,7-9,14-17H2,(H,29,31)/t20-,22+,23-/m0/s1. The van der Waals surface area contributed by atoms with Crippen LogP contribution in [0, 0.1) is 0 Å². The summed E-state index contributed by atoms with van der Waals surface area (Å²) in [5.74, 6) is -0.352. The van der Waals surface area contributed by atoms with Gasteiger partial charge in [-0.3, -0.25) is 4.79 Å². The second kappa shape index (κ2) is 9.31. The van der Waals surface area contributed by atoms with Crippen molar-refractivity contribution in [3.8, 4) is 0 Å². The average molecular weight is 496 g/mol. The fourth-order valence-electron chi connectivity index (χ4n) is 5.37. The molecule has 1 aliphatic heterocycles. The van der Waals surface area contributed by atoms with Gasteiger partial charge >= 0.3 is 15.5 Å². The van der Waals surface area contributed by atoms with Crippen LogP contribution < -0.4 is 15.4 Å². The van der Waals surface area contributed by atoms with Crippen LogP contribution in [0.3, 0.4) is 0 Å². The molecule has 0 spiro atoms. The summed E-state index contributed by atoms with van der Waals surface area (Å²) >= 11 is 0. The molecule has 0 radical (unpaired) electrons. The van der Waals surface area contributed by atoms with Crippen molar-refractivity contribution in [1.29, 1.82) is 0 Å². The number of carbonyl (C=O) groups excluding carboxylic acids is 1. The van der Waals surface area contributed by atoms with Crippen LogP contribution in [0.5, 0.6) is 0 Å². The van der Waals surface area contributed by atoms with Crippen molar-refractivity contribution in [2.24, 2.45) is 0 Å². The molecule has 1 heterocycles. The molecule has 2 aliphatic rings. The van der Waals surface area contributed by atoms with Gasteiger partial charge in [-0.2, -0.15) is 17.9 Å². The number of amides is 1. The number of hydrogen-bond acceptors (Lipinski definition) is 4. The van der Waals surface area contributed by atoms with Crippen LogP contribution >= 0.6 is 0 Å². The van der Waals surface area contributed by atoms with E-state index in [0.717, 1.165) is 6.42 Å². The molecule has 3 atom stereocenters. The monoisotopic (exact) mass is 495 g/mol. The van der Waals surface area contributed by atoms with Crippen molar-refractivity contribution in [3.05, 3.63) is 71.8 Å². The van der Waals surface area contributed by atoms with Crippen LogP contribution in [0.15, 0.2) is 60.7 Å². The van der Waals surface area contributed by atoms with E-state index < -0.39 is 32.7 Å². The summed E-state index contributed by atoms with van der Waals surface area (Å²) in [5, 5.41) is 6.18. The lowest BCUT2D eigenvalue weighted by Gasteiger charge is -2.55. The number of sulfonamides is 1. The van der Waals surface area contributed by atoms with E-state index in [1.54, 1.807) is 60.7 Å². The quantitative estimate of drug-likeness (QED) is 0.571. The van der Waals surface area contributed by atoms with Crippen LogP contribution in [0.1, 0.15) is 49.7 Å². The predicted molar refractivity (Wildman–Crippen MR) is 122 cm³/mol. The van der Waals surface area contributed by atoms with Crippen molar-refractivity contribution in [2.45, 2.75) is 61.2 Å². The van der Waals surface area contributed by atoms with E-state index >= 15 is 0 Å². The minimum atomic E-state index is -5.75. The maximum Gasteiger partial charge on any atom is 0.511 e. The molecule has 2 aromatic rings. The van der Waals surface area contributed by atoms with Crippen LogP contribution in [0.25, 0.3) is 0 Å². The van der Waals surface area contributed by atoms with E-state index in [9.17, 15) is 26.4 Å². The topological polar surface area (TPSA) is 87.3 Å². The number of halogens is 3. The van der Waals surface area contributed by atoms with E-state index in [4.69, 9.17) is 0 Å². The summed E-state index contributed by atoms with van der Waals surface area (Å²) in [6, 6.07) is 16.5. The molecule has 0 unspecified atom stereocenters. The number of carbonyl (C=O) groups is 1. The Morgan fingerprint density at radius 1 is 0.882 bits per heavy atom. The number of alkyl halides is 3. The molecule has 1 amide bonds. The second-order valence-electron chi connectivity index (χ2n) is 8.94. The molecule has 2 aromatic carbocycles. The molecule has 10 heteroatoms.